The average molecular weight is 453 g/mol. The van der Waals surface area contributed by atoms with E-state index in [2.05, 4.69) is 4.90 Å². The van der Waals surface area contributed by atoms with Crippen molar-refractivity contribution in [2.75, 3.05) is 31.1 Å². The number of benzene rings is 1. The van der Waals surface area contributed by atoms with Gasteiger partial charge in [0, 0.05) is 26.2 Å². The standard InChI is InChI=1S/C23H36N2O5S/c1-17-9-10-21(20(15-17)24-13-11-18(16-24)7-6-14-26)31(28,29)25-12-5-8-19(25)22(27)30-23(2,3)4/h9-10,15,18-19,26H,5-8,11-14,16H2,1-4H3/t18?,19-/m0/s1. The van der Waals surface area contributed by atoms with Crippen molar-refractivity contribution in [3.8, 4) is 0 Å². The lowest BCUT2D eigenvalue weighted by molar-refractivity contribution is -0.158. The van der Waals surface area contributed by atoms with Gasteiger partial charge in [-0.1, -0.05) is 6.07 Å². The molecule has 2 aliphatic heterocycles. The summed E-state index contributed by atoms with van der Waals surface area (Å²) in [4.78, 5) is 15.1. The molecule has 1 unspecified atom stereocenters. The van der Waals surface area contributed by atoms with Gasteiger partial charge in [-0.25, -0.2) is 8.42 Å². The molecule has 2 saturated heterocycles. The van der Waals surface area contributed by atoms with E-state index in [0.29, 0.717) is 31.0 Å². The van der Waals surface area contributed by atoms with Gasteiger partial charge >= 0.3 is 5.97 Å². The Morgan fingerprint density at radius 2 is 1.97 bits per heavy atom. The number of ether oxygens (including phenoxy) is 1. The van der Waals surface area contributed by atoms with Crippen molar-refractivity contribution >= 4 is 21.7 Å². The van der Waals surface area contributed by atoms with Gasteiger partial charge in [-0.15, -0.1) is 0 Å². The molecule has 0 bridgehead atoms. The number of aryl methyl sites for hydroxylation is 1. The van der Waals surface area contributed by atoms with Crippen LogP contribution in [0.5, 0.6) is 0 Å². The van der Waals surface area contributed by atoms with Crippen molar-refractivity contribution in [2.24, 2.45) is 5.92 Å². The van der Waals surface area contributed by atoms with E-state index in [9.17, 15) is 13.2 Å². The normalized spacial score (nSPS) is 22.8. The third kappa shape index (κ3) is 5.59. The zero-order valence-electron chi connectivity index (χ0n) is 19.1. The third-order valence-corrected chi connectivity index (χ3v) is 7.94. The maximum absolute atomic E-state index is 13.7. The molecule has 1 aromatic rings. The van der Waals surface area contributed by atoms with Gasteiger partial charge in [0.1, 0.15) is 16.5 Å². The van der Waals surface area contributed by atoms with Crippen molar-refractivity contribution < 1.29 is 23.1 Å². The summed E-state index contributed by atoms with van der Waals surface area (Å²) in [5.41, 5.74) is 1.04. The molecule has 2 atom stereocenters. The zero-order valence-corrected chi connectivity index (χ0v) is 20.0. The van der Waals surface area contributed by atoms with Crippen LogP contribution in [-0.4, -0.2) is 61.7 Å². The molecule has 1 aromatic carbocycles. The van der Waals surface area contributed by atoms with E-state index in [4.69, 9.17) is 9.84 Å². The van der Waals surface area contributed by atoms with Crippen molar-refractivity contribution in [1.82, 2.24) is 4.31 Å². The third-order valence-electron chi connectivity index (χ3n) is 5.98. The number of nitrogens with zero attached hydrogens (tertiary/aromatic N) is 2. The van der Waals surface area contributed by atoms with E-state index in [1.807, 2.05) is 19.1 Å². The molecule has 174 valence electrons. The number of hydrogen-bond acceptors (Lipinski definition) is 6. The molecule has 2 fully saturated rings. The van der Waals surface area contributed by atoms with Crippen LogP contribution in [0.15, 0.2) is 23.1 Å². The molecule has 31 heavy (non-hydrogen) atoms. The van der Waals surface area contributed by atoms with Gasteiger partial charge in [0.15, 0.2) is 0 Å². The van der Waals surface area contributed by atoms with Gasteiger partial charge in [0.25, 0.3) is 0 Å². The first-order valence-electron chi connectivity index (χ1n) is 11.2. The van der Waals surface area contributed by atoms with Gasteiger partial charge < -0.3 is 14.7 Å². The fourth-order valence-electron chi connectivity index (χ4n) is 4.52. The quantitative estimate of drug-likeness (QED) is 0.640. The highest BCUT2D eigenvalue weighted by Crippen LogP contribution is 2.36. The number of esters is 1. The molecule has 7 nitrogen and oxygen atoms in total. The number of aliphatic hydroxyl groups excluding tert-OH is 1. The number of carbonyl (C=O) groups is 1. The first-order valence-corrected chi connectivity index (χ1v) is 12.7. The molecule has 0 aliphatic carbocycles. The van der Waals surface area contributed by atoms with E-state index < -0.39 is 27.6 Å². The van der Waals surface area contributed by atoms with E-state index in [1.54, 1.807) is 26.8 Å². The lowest BCUT2D eigenvalue weighted by Gasteiger charge is -2.29. The van der Waals surface area contributed by atoms with Crippen LogP contribution in [0.3, 0.4) is 0 Å². The predicted molar refractivity (Wildman–Crippen MR) is 121 cm³/mol. The highest BCUT2D eigenvalue weighted by molar-refractivity contribution is 7.89. The number of hydrogen-bond donors (Lipinski definition) is 1. The minimum absolute atomic E-state index is 0.182. The molecule has 2 heterocycles. The largest absolute Gasteiger partial charge is 0.459 e. The monoisotopic (exact) mass is 452 g/mol. The Hall–Kier alpha value is -1.64. The first kappa shape index (κ1) is 24.0. The Labute approximate surface area is 186 Å². The molecule has 0 spiro atoms. The first-order chi connectivity index (χ1) is 14.5. The number of sulfonamides is 1. The molecule has 2 aliphatic rings. The molecule has 3 rings (SSSR count). The highest BCUT2D eigenvalue weighted by atomic mass is 32.2. The number of rotatable bonds is 7. The second-order valence-corrected chi connectivity index (χ2v) is 11.6. The summed E-state index contributed by atoms with van der Waals surface area (Å²) >= 11 is 0. The van der Waals surface area contributed by atoms with E-state index in [0.717, 1.165) is 37.9 Å². The summed E-state index contributed by atoms with van der Waals surface area (Å²) in [5, 5.41) is 9.12. The van der Waals surface area contributed by atoms with Crippen LogP contribution in [0, 0.1) is 12.8 Å². The van der Waals surface area contributed by atoms with Crippen LogP contribution < -0.4 is 4.90 Å². The van der Waals surface area contributed by atoms with Crippen LogP contribution in [0.1, 0.15) is 58.4 Å². The number of aliphatic hydroxyl groups is 1. The molecule has 0 saturated carbocycles. The van der Waals surface area contributed by atoms with Crippen LogP contribution >= 0.6 is 0 Å². The lowest BCUT2D eigenvalue weighted by Crippen LogP contribution is -2.43. The van der Waals surface area contributed by atoms with E-state index >= 15 is 0 Å². The summed E-state index contributed by atoms with van der Waals surface area (Å²) in [6, 6.07) is 4.63. The molecule has 8 heteroatoms. The zero-order chi connectivity index (χ0) is 22.8. The maximum atomic E-state index is 13.7. The molecule has 0 aromatic heterocycles. The van der Waals surface area contributed by atoms with Crippen molar-refractivity contribution in [1.29, 1.82) is 0 Å². The molecule has 0 radical (unpaired) electrons. The Morgan fingerprint density at radius 3 is 2.65 bits per heavy atom. The van der Waals surface area contributed by atoms with Crippen LogP contribution in [0.2, 0.25) is 0 Å². The Bertz CT molecular complexity index is 894. The lowest BCUT2D eigenvalue weighted by atomic mass is 10.0. The van der Waals surface area contributed by atoms with Gasteiger partial charge in [-0.2, -0.15) is 4.31 Å². The summed E-state index contributed by atoms with van der Waals surface area (Å²) in [6.07, 6.45) is 3.80. The molecule has 1 N–H and O–H groups in total. The second kappa shape index (κ2) is 9.46. The van der Waals surface area contributed by atoms with Crippen LogP contribution in [0.25, 0.3) is 0 Å². The SMILES string of the molecule is Cc1ccc(S(=O)(=O)N2CCC[C@H]2C(=O)OC(C)(C)C)c(N2CCC(CCCO)C2)c1. The van der Waals surface area contributed by atoms with E-state index in [1.165, 1.54) is 4.31 Å². The summed E-state index contributed by atoms with van der Waals surface area (Å²) < 4.78 is 34.3. The Kier molecular flexibility index (Phi) is 7.33. The smallest absolute Gasteiger partial charge is 0.324 e. The summed E-state index contributed by atoms with van der Waals surface area (Å²) in [7, 11) is -3.86. The van der Waals surface area contributed by atoms with Gasteiger partial charge in [-0.3, -0.25) is 4.79 Å². The Morgan fingerprint density at radius 1 is 1.23 bits per heavy atom. The van der Waals surface area contributed by atoms with Gasteiger partial charge in [-0.05, 0) is 83.4 Å². The maximum Gasteiger partial charge on any atom is 0.324 e. The van der Waals surface area contributed by atoms with E-state index in [-0.39, 0.29) is 11.5 Å². The minimum Gasteiger partial charge on any atom is -0.459 e. The van der Waals surface area contributed by atoms with Crippen molar-refractivity contribution in [3.05, 3.63) is 23.8 Å². The molecule has 0 amide bonds. The average Bonchev–Trinajstić information content (AvgIpc) is 3.34. The predicted octanol–water partition coefficient (Wildman–Crippen LogP) is 3.09. The fourth-order valence-corrected chi connectivity index (χ4v) is 6.36. The van der Waals surface area contributed by atoms with Crippen LogP contribution in [-0.2, 0) is 19.6 Å². The molecular formula is C23H36N2O5S. The summed E-state index contributed by atoms with van der Waals surface area (Å²) in [6.45, 7) is 9.39. The second-order valence-electron chi connectivity index (χ2n) is 9.74. The Balaban J connectivity index is 1.88. The summed E-state index contributed by atoms with van der Waals surface area (Å²) in [5.74, 6) is -0.0306. The van der Waals surface area contributed by atoms with Gasteiger partial charge in [0.05, 0.1) is 5.69 Å². The van der Waals surface area contributed by atoms with Crippen molar-refractivity contribution in [3.63, 3.8) is 0 Å². The van der Waals surface area contributed by atoms with Crippen molar-refractivity contribution in [2.45, 2.75) is 76.3 Å². The molecular weight excluding hydrogens is 416 g/mol. The number of carbonyl (C=O) groups excluding carboxylic acids is 1. The topological polar surface area (TPSA) is 87.2 Å². The highest BCUT2D eigenvalue weighted by Gasteiger charge is 2.43. The minimum atomic E-state index is -3.86. The van der Waals surface area contributed by atoms with Crippen LogP contribution in [0.4, 0.5) is 5.69 Å². The fraction of sp³-hybridized carbons (Fsp3) is 0.696. The van der Waals surface area contributed by atoms with Gasteiger partial charge in [0.2, 0.25) is 10.0 Å². The number of anilines is 1.